The van der Waals surface area contributed by atoms with Gasteiger partial charge in [0.2, 0.25) is 6.79 Å². The molecular formula is C14H13NO4S. The fourth-order valence-electron chi connectivity index (χ4n) is 1.97. The number of carboxylic acid groups (broad SMARTS) is 1. The molecule has 20 heavy (non-hydrogen) atoms. The van der Waals surface area contributed by atoms with Gasteiger partial charge < -0.3 is 19.9 Å². The fourth-order valence-corrected chi connectivity index (χ4v) is 2.79. The lowest BCUT2D eigenvalue weighted by atomic mass is 10.2. The van der Waals surface area contributed by atoms with Crippen LogP contribution in [0.15, 0.2) is 29.6 Å². The van der Waals surface area contributed by atoms with Gasteiger partial charge in [0.25, 0.3) is 0 Å². The number of nitrogens with one attached hydrogen (secondary N) is 1. The van der Waals surface area contributed by atoms with Gasteiger partial charge in [-0.3, -0.25) is 0 Å². The van der Waals surface area contributed by atoms with E-state index in [1.54, 1.807) is 11.4 Å². The number of hydrogen-bond donors (Lipinski definition) is 2. The first kappa shape index (κ1) is 13.0. The molecule has 0 aliphatic carbocycles. The lowest BCUT2D eigenvalue weighted by Crippen LogP contribution is -2.11. The third-order valence-electron chi connectivity index (χ3n) is 2.97. The van der Waals surface area contributed by atoms with E-state index in [1.165, 1.54) is 11.3 Å². The predicted octanol–water partition coefficient (Wildman–Crippen LogP) is 2.46. The van der Waals surface area contributed by atoms with Crippen molar-refractivity contribution in [2.45, 2.75) is 13.1 Å². The monoisotopic (exact) mass is 291 g/mol. The van der Waals surface area contributed by atoms with Crippen LogP contribution >= 0.6 is 11.3 Å². The Morgan fingerprint density at radius 2 is 2.10 bits per heavy atom. The second-order valence-corrected chi connectivity index (χ2v) is 5.39. The smallest absolute Gasteiger partial charge is 0.336 e. The van der Waals surface area contributed by atoms with Gasteiger partial charge in [0, 0.05) is 23.3 Å². The highest BCUT2D eigenvalue weighted by atomic mass is 32.1. The molecule has 0 radical (unpaired) electrons. The molecule has 1 aliphatic heterocycles. The first-order valence-corrected chi connectivity index (χ1v) is 7.00. The molecule has 2 heterocycles. The molecule has 1 aromatic heterocycles. The maximum atomic E-state index is 10.8. The number of aromatic carboxylic acids is 1. The SMILES string of the molecule is O=C(O)c1csc(CNCc2ccc3c(c2)OCO3)c1. The summed E-state index contributed by atoms with van der Waals surface area (Å²) < 4.78 is 10.6. The van der Waals surface area contributed by atoms with E-state index < -0.39 is 5.97 Å². The molecule has 0 saturated heterocycles. The van der Waals surface area contributed by atoms with Crippen molar-refractivity contribution < 1.29 is 19.4 Å². The maximum absolute atomic E-state index is 10.8. The third kappa shape index (κ3) is 2.76. The normalized spacial score (nSPS) is 12.6. The molecule has 0 atom stereocenters. The van der Waals surface area contributed by atoms with Crippen molar-refractivity contribution in [3.05, 3.63) is 45.6 Å². The summed E-state index contributed by atoms with van der Waals surface area (Å²) in [6.45, 7) is 1.61. The van der Waals surface area contributed by atoms with E-state index in [9.17, 15) is 4.79 Å². The molecule has 1 aromatic carbocycles. The minimum Gasteiger partial charge on any atom is -0.478 e. The Morgan fingerprint density at radius 3 is 2.90 bits per heavy atom. The molecule has 2 N–H and O–H groups in total. The van der Waals surface area contributed by atoms with Crippen molar-refractivity contribution in [1.82, 2.24) is 5.32 Å². The molecule has 104 valence electrons. The molecule has 0 unspecified atom stereocenters. The molecule has 1 aliphatic rings. The van der Waals surface area contributed by atoms with Crippen LogP contribution < -0.4 is 14.8 Å². The number of benzene rings is 1. The lowest BCUT2D eigenvalue weighted by Gasteiger charge is -2.04. The minimum absolute atomic E-state index is 0.277. The average molecular weight is 291 g/mol. The van der Waals surface area contributed by atoms with Crippen LogP contribution in [0.3, 0.4) is 0 Å². The van der Waals surface area contributed by atoms with Crippen molar-refractivity contribution in [3.63, 3.8) is 0 Å². The summed E-state index contributed by atoms with van der Waals surface area (Å²) in [4.78, 5) is 11.8. The Hall–Kier alpha value is -2.05. The number of fused-ring (bicyclic) bond motifs is 1. The minimum atomic E-state index is -0.886. The maximum Gasteiger partial charge on any atom is 0.336 e. The number of carboxylic acids is 1. The van der Waals surface area contributed by atoms with Crippen molar-refractivity contribution in [3.8, 4) is 11.5 Å². The number of thiophene rings is 1. The summed E-state index contributed by atoms with van der Waals surface area (Å²) in [5.74, 6) is 0.662. The van der Waals surface area contributed by atoms with Gasteiger partial charge in [0.15, 0.2) is 11.5 Å². The highest BCUT2D eigenvalue weighted by Gasteiger charge is 2.13. The number of ether oxygens (including phenoxy) is 2. The van der Waals surface area contributed by atoms with E-state index in [0.29, 0.717) is 18.7 Å². The van der Waals surface area contributed by atoms with E-state index in [2.05, 4.69) is 5.32 Å². The standard InChI is InChI=1S/C14H13NO4S/c16-14(17)10-4-11(20-7-10)6-15-5-9-1-2-12-13(3-9)19-8-18-12/h1-4,7,15H,5-6,8H2,(H,16,17). The molecule has 0 bridgehead atoms. The van der Waals surface area contributed by atoms with Gasteiger partial charge in [0.1, 0.15) is 0 Å². The Bertz CT molecular complexity index is 638. The molecular weight excluding hydrogens is 278 g/mol. The molecule has 5 nitrogen and oxygen atoms in total. The molecule has 6 heteroatoms. The Balaban J connectivity index is 1.55. The van der Waals surface area contributed by atoms with Gasteiger partial charge in [-0.15, -0.1) is 11.3 Å². The van der Waals surface area contributed by atoms with Gasteiger partial charge >= 0.3 is 5.97 Å². The number of hydrogen-bond acceptors (Lipinski definition) is 5. The largest absolute Gasteiger partial charge is 0.478 e. The molecule has 0 saturated carbocycles. The highest BCUT2D eigenvalue weighted by Crippen LogP contribution is 2.32. The van der Waals surface area contributed by atoms with Gasteiger partial charge in [-0.1, -0.05) is 6.07 Å². The molecule has 3 rings (SSSR count). The summed E-state index contributed by atoms with van der Waals surface area (Å²) >= 11 is 1.45. The van der Waals surface area contributed by atoms with Crippen LogP contribution in [0.4, 0.5) is 0 Å². The summed E-state index contributed by atoms with van der Waals surface area (Å²) in [5.41, 5.74) is 1.44. The quantitative estimate of drug-likeness (QED) is 0.885. The Kier molecular flexibility index (Phi) is 3.58. The number of rotatable bonds is 5. The summed E-state index contributed by atoms with van der Waals surface area (Å²) in [5, 5.41) is 13.8. The van der Waals surface area contributed by atoms with E-state index in [1.807, 2.05) is 18.2 Å². The van der Waals surface area contributed by atoms with Crippen LogP contribution in [0.1, 0.15) is 20.8 Å². The van der Waals surface area contributed by atoms with Crippen LogP contribution in [0.2, 0.25) is 0 Å². The van der Waals surface area contributed by atoms with E-state index in [4.69, 9.17) is 14.6 Å². The van der Waals surface area contributed by atoms with Crippen LogP contribution in [-0.4, -0.2) is 17.9 Å². The molecule has 2 aromatic rings. The van der Waals surface area contributed by atoms with E-state index in [0.717, 1.165) is 21.9 Å². The zero-order valence-corrected chi connectivity index (χ0v) is 11.4. The topological polar surface area (TPSA) is 67.8 Å². The third-order valence-corrected chi connectivity index (χ3v) is 3.90. The average Bonchev–Trinajstić information content (AvgIpc) is 3.06. The molecule has 0 spiro atoms. The summed E-state index contributed by atoms with van der Waals surface area (Å²) in [6.07, 6.45) is 0. The second kappa shape index (κ2) is 5.52. The van der Waals surface area contributed by atoms with Crippen molar-refractivity contribution in [2.75, 3.05) is 6.79 Å². The Labute approximate surface area is 119 Å². The van der Waals surface area contributed by atoms with Gasteiger partial charge in [-0.2, -0.15) is 0 Å². The molecule has 0 amide bonds. The zero-order chi connectivity index (χ0) is 13.9. The first-order valence-electron chi connectivity index (χ1n) is 6.12. The van der Waals surface area contributed by atoms with Gasteiger partial charge in [-0.25, -0.2) is 4.79 Å². The summed E-state index contributed by atoms with van der Waals surface area (Å²) in [7, 11) is 0. The lowest BCUT2D eigenvalue weighted by molar-refractivity contribution is 0.0697. The van der Waals surface area contributed by atoms with Crippen LogP contribution in [0, 0.1) is 0 Å². The van der Waals surface area contributed by atoms with Crippen LogP contribution in [0.25, 0.3) is 0 Å². The van der Waals surface area contributed by atoms with Gasteiger partial charge in [0.05, 0.1) is 5.56 Å². The van der Waals surface area contributed by atoms with Crippen molar-refractivity contribution in [1.29, 1.82) is 0 Å². The fraction of sp³-hybridized carbons (Fsp3) is 0.214. The molecule has 0 fully saturated rings. The van der Waals surface area contributed by atoms with E-state index in [-0.39, 0.29) is 6.79 Å². The highest BCUT2D eigenvalue weighted by molar-refractivity contribution is 7.10. The van der Waals surface area contributed by atoms with Gasteiger partial charge in [-0.05, 0) is 23.8 Å². The number of carbonyl (C=O) groups is 1. The predicted molar refractivity (Wildman–Crippen MR) is 74.4 cm³/mol. The van der Waals surface area contributed by atoms with E-state index >= 15 is 0 Å². The Morgan fingerprint density at radius 1 is 1.25 bits per heavy atom. The summed E-state index contributed by atoms with van der Waals surface area (Å²) in [6, 6.07) is 7.52. The van der Waals surface area contributed by atoms with Crippen molar-refractivity contribution >= 4 is 17.3 Å². The van der Waals surface area contributed by atoms with Crippen LogP contribution in [-0.2, 0) is 13.1 Å². The van der Waals surface area contributed by atoms with Crippen LogP contribution in [0.5, 0.6) is 11.5 Å². The zero-order valence-electron chi connectivity index (χ0n) is 10.6. The van der Waals surface area contributed by atoms with Crippen molar-refractivity contribution in [2.24, 2.45) is 0 Å². The second-order valence-electron chi connectivity index (χ2n) is 4.40. The first-order chi connectivity index (χ1) is 9.72.